The molecule has 0 saturated heterocycles. The van der Waals surface area contributed by atoms with Gasteiger partial charge < -0.3 is 0 Å². The molecule has 2 fully saturated rings. The number of nitrogens with zero attached hydrogens (tertiary/aromatic N) is 2. The second-order valence-electron chi connectivity index (χ2n) is 7.10. The maximum Gasteiger partial charge on any atom is 0.112 e. The van der Waals surface area contributed by atoms with Gasteiger partial charge in [-0.3, -0.25) is 0 Å². The minimum Gasteiger partial charge on any atom is -0.181 e. The highest BCUT2D eigenvalue weighted by Gasteiger charge is 2.67. The van der Waals surface area contributed by atoms with Crippen LogP contribution in [0.5, 0.6) is 0 Å². The fourth-order valence-electron chi connectivity index (χ4n) is 5.38. The quantitative estimate of drug-likeness (QED) is 0.737. The third-order valence-electron chi connectivity index (χ3n) is 6.24. The maximum absolute atomic E-state index is 4.92. The number of hydrogen-bond donors (Lipinski definition) is 0. The van der Waals surface area contributed by atoms with Crippen molar-refractivity contribution in [2.24, 2.45) is 22.1 Å². The first kappa shape index (κ1) is 12.6. The molecular weight excluding hydrogens is 268 g/mol. The summed E-state index contributed by atoms with van der Waals surface area (Å²) in [5.41, 5.74) is 2.59. The Hall–Kier alpha value is -1.96. The van der Waals surface area contributed by atoms with Gasteiger partial charge in [-0.25, -0.2) is 0 Å². The lowest BCUT2D eigenvalue weighted by Gasteiger charge is -2.33. The number of benzene rings is 2. The van der Waals surface area contributed by atoms with Crippen molar-refractivity contribution in [2.75, 3.05) is 0 Å². The lowest BCUT2D eigenvalue weighted by molar-refractivity contribution is 0.234. The Morgan fingerprint density at radius 3 is 1.59 bits per heavy atom. The summed E-state index contributed by atoms with van der Waals surface area (Å²) in [5.74, 6) is 1.32. The van der Waals surface area contributed by atoms with Gasteiger partial charge in [0.1, 0.15) is 11.1 Å². The van der Waals surface area contributed by atoms with E-state index in [4.69, 9.17) is 10.2 Å². The van der Waals surface area contributed by atoms with Crippen molar-refractivity contribution in [3.8, 4) is 0 Å². The Bertz CT molecular complexity index is 662. The minimum atomic E-state index is -0.0712. The van der Waals surface area contributed by atoms with Gasteiger partial charge in [0, 0.05) is 6.42 Å². The number of hydrogen-bond acceptors (Lipinski definition) is 2. The van der Waals surface area contributed by atoms with Crippen LogP contribution >= 0.6 is 0 Å². The van der Waals surface area contributed by atoms with E-state index in [1.165, 1.54) is 30.4 Å². The van der Waals surface area contributed by atoms with Crippen molar-refractivity contribution in [1.82, 2.24) is 0 Å². The molecule has 0 aromatic heterocycles. The van der Waals surface area contributed by atoms with Crippen molar-refractivity contribution in [3.05, 3.63) is 71.8 Å². The van der Waals surface area contributed by atoms with Crippen molar-refractivity contribution >= 4 is 0 Å². The van der Waals surface area contributed by atoms with Gasteiger partial charge in [-0.15, -0.1) is 0 Å². The standard InChI is InChI=1S/C20H20N2/c1-3-8-15(9-4-1)19-14-20(22-21-19,16-10-5-2-6-11-16)18-13-7-12-17(18)19/h1-6,8-11,17-18H,7,12-14H2. The molecule has 1 aliphatic heterocycles. The molecule has 2 aromatic carbocycles. The van der Waals surface area contributed by atoms with Crippen LogP contribution < -0.4 is 0 Å². The van der Waals surface area contributed by atoms with E-state index in [0.717, 1.165) is 6.42 Å². The van der Waals surface area contributed by atoms with Gasteiger partial charge in [0.25, 0.3) is 0 Å². The van der Waals surface area contributed by atoms with E-state index in [1.807, 2.05) is 0 Å². The van der Waals surface area contributed by atoms with E-state index >= 15 is 0 Å². The van der Waals surface area contributed by atoms with Crippen LogP contribution in [-0.2, 0) is 11.1 Å². The largest absolute Gasteiger partial charge is 0.181 e. The van der Waals surface area contributed by atoms with Crippen LogP contribution in [-0.4, -0.2) is 0 Å². The van der Waals surface area contributed by atoms with Crippen molar-refractivity contribution in [3.63, 3.8) is 0 Å². The Kier molecular flexibility index (Phi) is 2.45. The molecular formula is C20H20N2. The van der Waals surface area contributed by atoms with Gasteiger partial charge in [-0.2, -0.15) is 10.2 Å². The third kappa shape index (κ3) is 1.41. The second-order valence-corrected chi connectivity index (χ2v) is 7.10. The van der Waals surface area contributed by atoms with E-state index in [0.29, 0.717) is 11.8 Å². The van der Waals surface area contributed by atoms with Crippen LogP contribution in [0.4, 0.5) is 0 Å². The highest BCUT2D eigenvalue weighted by Crippen LogP contribution is 2.69. The van der Waals surface area contributed by atoms with E-state index in [1.54, 1.807) is 0 Å². The van der Waals surface area contributed by atoms with E-state index < -0.39 is 0 Å². The molecule has 0 spiro atoms. The molecule has 2 heteroatoms. The summed E-state index contributed by atoms with van der Waals surface area (Å²) in [6.07, 6.45) is 4.98. The van der Waals surface area contributed by atoms with Gasteiger partial charge >= 0.3 is 0 Å². The van der Waals surface area contributed by atoms with Crippen LogP contribution in [0.15, 0.2) is 70.9 Å². The fourth-order valence-corrected chi connectivity index (χ4v) is 5.38. The van der Waals surface area contributed by atoms with Crippen LogP contribution in [0, 0.1) is 11.8 Å². The molecule has 4 atom stereocenters. The molecule has 2 nitrogen and oxygen atoms in total. The van der Waals surface area contributed by atoms with Crippen molar-refractivity contribution in [2.45, 2.75) is 36.8 Å². The molecule has 0 amide bonds. The first-order valence-electron chi connectivity index (χ1n) is 8.40. The normalized spacial score (nSPS) is 38.4. The number of rotatable bonds is 2. The molecule has 2 aliphatic carbocycles. The van der Waals surface area contributed by atoms with Gasteiger partial charge in [0.2, 0.25) is 0 Å². The lowest BCUT2D eigenvalue weighted by Crippen LogP contribution is -2.31. The Balaban J connectivity index is 1.69. The summed E-state index contributed by atoms with van der Waals surface area (Å²) < 4.78 is 0. The molecule has 2 aromatic rings. The molecule has 0 radical (unpaired) electrons. The predicted octanol–water partition coefficient (Wildman–Crippen LogP) is 5.06. The third-order valence-corrected chi connectivity index (χ3v) is 6.24. The van der Waals surface area contributed by atoms with E-state index in [9.17, 15) is 0 Å². The fraction of sp³-hybridized carbons (Fsp3) is 0.400. The zero-order valence-electron chi connectivity index (χ0n) is 12.7. The topological polar surface area (TPSA) is 24.7 Å². The monoisotopic (exact) mass is 288 g/mol. The van der Waals surface area contributed by atoms with Crippen LogP contribution in [0.2, 0.25) is 0 Å². The van der Waals surface area contributed by atoms with Crippen LogP contribution in [0.1, 0.15) is 36.8 Å². The second kappa shape index (κ2) is 4.28. The van der Waals surface area contributed by atoms with Gasteiger partial charge in [-0.05, 0) is 35.8 Å². The summed E-state index contributed by atoms with van der Waals surface area (Å²) in [7, 11) is 0. The molecule has 22 heavy (non-hydrogen) atoms. The molecule has 0 N–H and O–H groups in total. The number of azo groups is 1. The van der Waals surface area contributed by atoms with Crippen LogP contribution in [0.25, 0.3) is 0 Å². The van der Waals surface area contributed by atoms with E-state index in [2.05, 4.69) is 60.7 Å². The SMILES string of the molecule is c1ccc(C23CC(c4ccccc4)(N=N2)C2CCCC23)cc1. The zero-order chi connectivity index (χ0) is 14.6. The average Bonchev–Trinajstić information content (AvgIpc) is 3.28. The Morgan fingerprint density at radius 1 is 0.682 bits per heavy atom. The van der Waals surface area contributed by atoms with Crippen molar-refractivity contribution in [1.29, 1.82) is 0 Å². The van der Waals surface area contributed by atoms with Crippen LogP contribution in [0.3, 0.4) is 0 Å². The first-order valence-corrected chi connectivity index (χ1v) is 8.40. The first-order chi connectivity index (χ1) is 10.9. The number of fused-ring (bicyclic) bond motifs is 5. The van der Waals surface area contributed by atoms with E-state index in [-0.39, 0.29) is 11.1 Å². The van der Waals surface area contributed by atoms with Crippen molar-refractivity contribution < 1.29 is 0 Å². The maximum atomic E-state index is 4.92. The molecule has 3 aliphatic rings. The van der Waals surface area contributed by atoms with Gasteiger partial charge in [-0.1, -0.05) is 67.1 Å². The Morgan fingerprint density at radius 2 is 1.14 bits per heavy atom. The van der Waals surface area contributed by atoms with Gasteiger partial charge in [0.15, 0.2) is 0 Å². The minimum absolute atomic E-state index is 0.0712. The predicted molar refractivity (Wildman–Crippen MR) is 86.5 cm³/mol. The molecule has 4 unspecified atom stereocenters. The molecule has 5 rings (SSSR count). The summed E-state index contributed by atoms with van der Waals surface area (Å²) in [5, 5.41) is 9.84. The summed E-state index contributed by atoms with van der Waals surface area (Å²) in [6.45, 7) is 0. The highest BCUT2D eigenvalue weighted by atomic mass is 15.3. The molecule has 110 valence electrons. The average molecular weight is 288 g/mol. The van der Waals surface area contributed by atoms with Gasteiger partial charge in [0.05, 0.1) is 0 Å². The molecule has 2 bridgehead atoms. The lowest BCUT2D eigenvalue weighted by atomic mass is 9.78. The zero-order valence-corrected chi connectivity index (χ0v) is 12.7. The summed E-state index contributed by atoms with van der Waals surface area (Å²) >= 11 is 0. The molecule has 1 heterocycles. The summed E-state index contributed by atoms with van der Waals surface area (Å²) in [4.78, 5) is 0. The summed E-state index contributed by atoms with van der Waals surface area (Å²) in [6, 6.07) is 21.8. The smallest absolute Gasteiger partial charge is 0.112 e. The molecule has 2 saturated carbocycles. The highest BCUT2D eigenvalue weighted by molar-refractivity contribution is 5.39. The Labute approximate surface area is 131 Å².